The van der Waals surface area contributed by atoms with Crippen LogP contribution in [0.25, 0.3) is 0 Å². The van der Waals surface area contributed by atoms with Crippen molar-refractivity contribution in [3.63, 3.8) is 0 Å². The lowest BCUT2D eigenvalue weighted by molar-refractivity contribution is -0.143. The van der Waals surface area contributed by atoms with Crippen LogP contribution in [0.2, 0.25) is 0 Å². The van der Waals surface area contributed by atoms with Crippen molar-refractivity contribution in [2.24, 2.45) is 17.6 Å². The smallest absolute Gasteiger partial charge is 0.250 e. The molecule has 1 spiro atoms. The van der Waals surface area contributed by atoms with Crippen LogP contribution in [0.1, 0.15) is 24.0 Å². The predicted octanol–water partition coefficient (Wildman–Crippen LogP) is 0.881. The minimum atomic E-state index is -1.38. The van der Waals surface area contributed by atoms with E-state index in [1.807, 2.05) is 12.1 Å². The number of nitrogens with two attached hydrogens (primary N) is 1. The van der Waals surface area contributed by atoms with E-state index in [0.717, 1.165) is 0 Å². The topological polar surface area (TPSA) is 131 Å². The van der Waals surface area contributed by atoms with Gasteiger partial charge < -0.3 is 15.8 Å². The minimum Gasteiger partial charge on any atom is -0.496 e. The summed E-state index contributed by atoms with van der Waals surface area (Å²) >= 11 is 0. The molecule has 5 rings (SSSR count). The number of carbonyl (C=O) groups is 4. The van der Waals surface area contributed by atoms with Crippen molar-refractivity contribution in [3.05, 3.63) is 59.7 Å². The third-order valence-electron chi connectivity index (χ3n) is 6.94. The molecule has 3 aliphatic rings. The number of benzene rings is 2. The summed E-state index contributed by atoms with van der Waals surface area (Å²) < 4.78 is 5.39. The van der Waals surface area contributed by atoms with Crippen molar-refractivity contribution >= 4 is 29.3 Å². The normalized spacial score (nSPS) is 27.6. The molecule has 2 aromatic carbocycles. The number of rotatable bonds is 6. The van der Waals surface area contributed by atoms with E-state index in [4.69, 9.17) is 10.5 Å². The molecule has 0 radical (unpaired) electrons. The van der Waals surface area contributed by atoms with Gasteiger partial charge in [0.25, 0.3) is 0 Å². The zero-order valence-electron chi connectivity index (χ0n) is 18.0. The fourth-order valence-electron chi connectivity index (χ4n) is 5.52. The number of methoxy groups -OCH3 is 1. The van der Waals surface area contributed by atoms with E-state index in [1.165, 1.54) is 12.0 Å². The Hall–Kier alpha value is -3.72. The Morgan fingerprint density at radius 3 is 2.58 bits per heavy atom. The number of hydrogen-bond acceptors (Lipinski definition) is 6. The van der Waals surface area contributed by atoms with Crippen LogP contribution < -0.4 is 21.1 Å². The highest BCUT2D eigenvalue weighted by Crippen LogP contribution is 2.53. The summed E-state index contributed by atoms with van der Waals surface area (Å²) in [6.45, 7) is 0.0383. The second-order valence-corrected chi connectivity index (χ2v) is 8.64. The first-order chi connectivity index (χ1) is 15.9. The zero-order valence-corrected chi connectivity index (χ0v) is 18.0. The van der Waals surface area contributed by atoms with Gasteiger partial charge in [0.05, 0.1) is 25.5 Å². The molecule has 3 aliphatic heterocycles. The number of hydrogen-bond donors (Lipinski definition) is 3. The van der Waals surface area contributed by atoms with Gasteiger partial charge in [-0.15, -0.1) is 0 Å². The van der Waals surface area contributed by atoms with Crippen LogP contribution in [0.4, 0.5) is 5.69 Å². The summed E-state index contributed by atoms with van der Waals surface area (Å²) in [7, 11) is 1.53. The Balaban J connectivity index is 1.57. The SMILES string of the molecule is COc1ccccc1CN1C(=O)[C@@H]2C(CCC(N)=O)NC3(C(=O)Nc4ccccc43)[C@@H]2C1=O. The van der Waals surface area contributed by atoms with E-state index in [1.54, 1.807) is 36.4 Å². The van der Waals surface area contributed by atoms with Crippen molar-refractivity contribution in [2.75, 3.05) is 12.4 Å². The molecule has 0 bridgehead atoms. The Bertz CT molecular complexity index is 1180. The van der Waals surface area contributed by atoms with Crippen LogP contribution in [-0.2, 0) is 31.3 Å². The van der Waals surface area contributed by atoms with Gasteiger partial charge in [-0.05, 0) is 18.6 Å². The van der Waals surface area contributed by atoms with Gasteiger partial charge in [-0.1, -0.05) is 36.4 Å². The number of anilines is 1. The number of nitrogens with zero attached hydrogens (tertiary/aromatic N) is 1. The monoisotopic (exact) mass is 448 g/mol. The first-order valence-corrected chi connectivity index (χ1v) is 10.8. The molecule has 170 valence electrons. The van der Waals surface area contributed by atoms with Gasteiger partial charge in [-0.25, -0.2) is 0 Å². The number of imide groups is 1. The number of carbonyl (C=O) groups excluding carboxylic acids is 4. The largest absolute Gasteiger partial charge is 0.496 e. The summed E-state index contributed by atoms with van der Waals surface area (Å²) in [6.07, 6.45) is 0.281. The third-order valence-corrected chi connectivity index (χ3v) is 6.94. The molecule has 4 N–H and O–H groups in total. The van der Waals surface area contributed by atoms with Gasteiger partial charge in [0.1, 0.15) is 11.3 Å². The molecule has 0 saturated carbocycles. The summed E-state index contributed by atoms with van der Waals surface area (Å²) in [5, 5.41) is 6.14. The van der Waals surface area contributed by atoms with E-state index in [0.29, 0.717) is 22.6 Å². The van der Waals surface area contributed by atoms with Crippen LogP contribution in [0.5, 0.6) is 5.75 Å². The lowest BCUT2D eigenvalue weighted by atomic mass is 9.76. The second-order valence-electron chi connectivity index (χ2n) is 8.64. The summed E-state index contributed by atoms with van der Waals surface area (Å²) in [5.41, 5.74) is 5.90. The van der Waals surface area contributed by atoms with E-state index in [2.05, 4.69) is 10.6 Å². The van der Waals surface area contributed by atoms with Gasteiger partial charge in [-0.3, -0.25) is 29.4 Å². The van der Waals surface area contributed by atoms with Gasteiger partial charge in [0, 0.05) is 29.3 Å². The van der Waals surface area contributed by atoms with E-state index in [-0.39, 0.29) is 31.2 Å². The second kappa shape index (κ2) is 7.70. The minimum absolute atomic E-state index is 0.0359. The molecule has 0 aromatic heterocycles. The fourth-order valence-corrected chi connectivity index (χ4v) is 5.52. The molecule has 2 unspecified atom stereocenters. The van der Waals surface area contributed by atoms with Crippen LogP contribution in [-0.4, -0.2) is 41.7 Å². The molecule has 3 heterocycles. The van der Waals surface area contributed by atoms with Crippen molar-refractivity contribution in [2.45, 2.75) is 31.0 Å². The van der Waals surface area contributed by atoms with E-state index < -0.39 is 35.2 Å². The molecule has 2 fully saturated rings. The molecule has 33 heavy (non-hydrogen) atoms. The standard InChI is InChI=1S/C24H24N4O5/c1-33-17-9-5-2-6-13(17)12-28-21(30)19-16(10-11-18(25)29)27-24(20(19)22(28)31)14-7-3-4-8-15(14)26-23(24)32/h2-9,16,19-20,27H,10-12H2,1H3,(H2,25,29)(H,26,32)/t16?,19-,20+,24?/m1/s1. The first kappa shape index (κ1) is 21.1. The summed E-state index contributed by atoms with van der Waals surface area (Å²) in [6, 6.07) is 13.8. The highest BCUT2D eigenvalue weighted by Gasteiger charge is 2.70. The van der Waals surface area contributed by atoms with Crippen molar-refractivity contribution < 1.29 is 23.9 Å². The van der Waals surface area contributed by atoms with Crippen molar-refractivity contribution in [3.8, 4) is 5.75 Å². The maximum atomic E-state index is 13.8. The van der Waals surface area contributed by atoms with Crippen LogP contribution >= 0.6 is 0 Å². The molecule has 2 saturated heterocycles. The molecule has 9 heteroatoms. The number of amides is 4. The van der Waals surface area contributed by atoms with Gasteiger partial charge in [0.2, 0.25) is 23.6 Å². The zero-order chi connectivity index (χ0) is 23.3. The maximum absolute atomic E-state index is 13.8. The molecule has 2 aromatic rings. The van der Waals surface area contributed by atoms with Gasteiger partial charge in [0.15, 0.2) is 0 Å². The highest BCUT2D eigenvalue weighted by atomic mass is 16.5. The maximum Gasteiger partial charge on any atom is 0.250 e. The molecular weight excluding hydrogens is 424 g/mol. The molecule has 4 amide bonds. The van der Waals surface area contributed by atoms with Crippen LogP contribution in [0, 0.1) is 11.8 Å². The number of para-hydroxylation sites is 2. The number of nitrogens with one attached hydrogen (secondary N) is 2. The Labute approximate surface area is 190 Å². The fraction of sp³-hybridized carbons (Fsp3) is 0.333. The Morgan fingerprint density at radius 2 is 1.82 bits per heavy atom. The molecule has 4 atom stereocenters. The van der Waals surface area contributed by atoms with Crippen LogP contribution in [0.15, 0.2) is 48.5 Å². The molecule has 9 nitrogen and oxygen atoms in total. The Morgan fingerprint density at radius 1 is 1.09 bits per heavy atom. The summed E-state index contributed by atoms with van der Waals surface area (Å²) in [4.78, 5) is 53.4. The number of fused-ring (bicyclic) bond motifs is 4. The molecular formula is C24H24N4O5. The lowest BCUT2D eigenvalue weighted by Crippen LogP contribution is -2.53. The predicted molar refractivity (Wildman–Crippen MR) is 118 cm³/mol. The lowest BCUT2D eigenvalue weighted by Gasteiger charge is -2.29. The molecule has 0 aliphatic carbocycles. The Kier molecular flexibility index (Phi) is 4.93. The van der Waals surface area contributed by atoms with Gasteiger partial charge in [-0.2, -0.15) is 0 Å². The average Bonchev–Trinajstić information content (AvgIpc) is 3.39. The first-order valence-electron chi connectivity index (χ1n) is 10.8. The average molecular weight is 448 g/mol. The number of primary amides is 1. The van der Waals surface area contributed by atoms with Crippen molar-refractivity contribution in [1.82, 2.24) is 10.2 Å². The highest BCUT2D eigenvalue weighted by molar-refractivity contribution is 6.15. The van der Waals surface area contributed by atoms with Crippen LogP contribution in [0.3, 0.4) is 0 Å². The quantitative estimate of drug-likeness (QED) is 0.563. The summed E-state index contributed by atoms with van der Waals surface area (Å²) in [5.74, 6) is -2.82. The van der Waals surface area contributed by atoms with E-state index >= 15 is 0 Å². The van der Waals surface area contributed by atoms with Crippen molar-refractivity contribution in [1.29, 1.82) is 0 Å². The van der Waals surface area contributed by atoms with E-state index in [9.17, 15) is 19.2 Å². The number of ether oxygens (including phenoxy) is 1. The third kappa shape index (κ3) is 3.03. The number of likely N-dealkylation sites (tertiary alicyclic amines) is 1. The van der Waals surface area contributed by atoms with Gasteiger partial charge >= 0.3 is 0 Å².